The first kappa shape index (κ1) is 16.8. The molecular formula is C15H24F2N2OS. The highest BCUT2D eigenvalue weighted by atomic mass is 32.2. The monoisotopic (exact) mass is 318 g/mol. The molecule has 1 fully saturated rings. The molecule has 1 aromatic rings. The van der Waals surface area contributed by atoms with Crippen molar-refractivity contribution in [1.82, 2.24) is 10.2 Å². The van der Waals surface area contributed by atoms with E-state index in [9.17, 15) is 8.78 Å². The van der Waals surface area contributed by atoms with Crippen molar-refractivity contribution in [1.29, 1.82) is 0 Å². The summed E-state index contributed by atoms with van der Waals surface area (Å²) in [4.78, 5) is 2.50. The molecule has 21 heavy (non-hydrogen) atoms. The average molecular weight is 318 g/mol. The van der Waals surface area contributed by atoms with Crippen LogP contribution in [0.3, 0.4) is 0 Å². The number of thioether (sulfide) groups is 1. The number of furan rings is 1. The van der Waals surface area contributed by atoms with Gasteiger partial charge in [0, 0.05) is 12.6 Å². The molecule has 1 aliphatic heterocycles. The number of nitrogens with zero attached hydrogens (tertiary/aromatic N) is 1. The Kier molecular flexibility index (Phi) is 6.51. The number of halogens is 2. The van der Waals surface area contributed by atoms with Gasteiger partial charge in [0.1, 0.15) is 11.5 Å². The molecule has 0 saturated carbocycles. The Balaban J connectivity index is 1.65. The standard InChI is InChI=1S/C15H24F2N2OS/c1-11(2)19-6-5-12(9-19)7-18-8-13-3-4-14(20-13)10-21-15(16)17/h3-4,11-12,15,18H,5-10H2,1-2H3. The van der Waals surface area contributed by atoms with E-state index in [2.05, 4.69) is 24.1 Å². The molecule has 0 aromatic carbocycles. The van der Waals surface area contributed by atoms with Crippen LogP contribution in [0, 0.1) is 5.92 Å². The van der Waals surface area contributed by atoms with Crippen LogP contribution in [-0.2, 0) is 12.3 Å². The number of likely N-dealkylation sites (tertiary alicyclic amines) is 1. The first-order chi connectivity index (χ1) is 10.0. The Morgan fingerprint density at radius 1 is 1.38 bits per heavy atom. The fourth-order valence-corrected chi connectivity index (χ4v) is 3.08. The molecule has 6 heteroatoms. The second kappa shape index (κ2) is 8.15. The third-order valence-corrected chi connectivity index (χ3v) is 4.55. The lowest BCUT2D eigenvalue weighted by Crippen LogP contribution is -2.30. The summed E-state index contributed by atoms with van der Waals surface area (Å²) in [6.07, 6.45) is 1.24. The van der Waals surface area contributed by atoms with Crippen LogP contribution in [0.2, 0.25) is 0 Å². The Labute approximate surface area is 129 Å². The van der Waals surface area contributed by atoms with Crippen molar-refractivity contribution in [2.24, 2.45) is 5.92 Å². The zero-order valence-electron chi connectivity index (χ0n) is 12.6. The second-order valence-electron chi connectivity index (χ2n) is 5.81. The summed E-state index contributed by atoms with van der Waals surface area (Å²) in [7, 11) is 0. The van der Waals surface area contributed by atoms with Crippen LogP contribution in [0.15, 0.2) is 16.5 Å². The Morgan fingerprint density at radius 3 is 2.81 bits per heavy atom. The van der Waals surface area contributed by atoms with Gasteiger partial charge in [0.25, 0.3) is 5.76 Å². The van der Waals surface area contributed by atoms with E-state index >= 15 is 0 Å². The molecule has 1 atom stereocenters. The van der Waals surface area contributed by atoms with Crippen LogP contribution in [0.5, 0.6) is 0 Å². The third-order valence-electron chi connectivity index (χ3n) is 3.85. The van der Waals surface area contributed by atoms with Gasteiger partial charge in [0.2, 0.25) is 0 Å². The summed E-state index contributed by atoms with van der Waals surface area (Å²) >= 11 is 0.592. The first-order valence-electron chi connectivity index (χ1n) is 7.46. The van der Waals surface area contributed by atoms with Crippen molar-refractivity contribution < 1.29 is 13.2 Å². The van der Waals surface area contributed by atoms with Gasteiger partial charge in [-0.05, 0) is 51.4 Å². The van der Waals surface area contributed by atoms with Crippen molar-refractivity contribution in [3.63, 3.8) is 0 Å². The fourth-order valence-electron chi connectivity index (χ4n) is 2.64. The van der Waals surface area contributed by atoms with Crippen molar-refractivity contribution >= 4 is 11.8 Å². The highest BCUT2D eigenvalue weighted by Gasteiger charge is 2.23. The van der Waals surface area contributed by atoms with Gasteiger partial charge < -0.3 is 14.6 Å². The van der Waals surface area contributed by atoms with E-state index in [4.69, 9.17) is 4.42 Å². The highest BCUT2D eigenvalue weighted by Crippen LogP contribution is 2.21. The number of alkyl halides is 2. The number of hydrogen-bond donors (Lipinski definition) is 1. The molecule has 0 radical (unpaired) electrons. The van der Waals surface area contributed by atoms with Crippen LogP contribution < -0.4 is 5.32 Å². The van der Waals surface area contributed by atoms with E-state index in [0.717, 1.165) is 18.8 Å². The lowest BCUT2D eigenvalue weighted by atomic mass is 10.1. The molecule has 0 bridgehead atoms. The van der Waals surface area contributed by atoms with E-state index in [-0.39, 0.29) is 5.75 Å². The molecule has 1 aromatic heterocycles. The lowest BCUT2D eigenvalue weighted by molar-refractivity contribution is 0.251. The van der Waals surface area contributed by atoms with Gasteiger partial charge in [0.05, 0.1) is 12.3 Å². The third kappa shape index (κ3) is 5.60. The van der Waals surface area contributed by atoms with Crippen LogP contribution in [-0.4, -0.2) is 36.3 Å². The summed E-state index contributed by atoms with van der Waals surface area (Å²) < 4.78 is 29.7. The summed E-state index contributed by atoms with van der Waals surface area (Å²) in [6, 6.07) is 4.27. The van der Waals surface area contributed by atoms with Crippen molar-refractivity contribution in [3.05, 3.63) is 23.7 Å². The van der Waals surface area contributed by atoms with Crippen LogP contribution >= 0.6 is 11.8 Å². The van der Waals surface area contributed by atoms with Crippen LogP contribution in [0.4, 0.5) is 8.78 Å². The number of hydrogen-bond acceptors (Lipinski definition) is 4. The Morgan fingerprint density at radius 2 is 2.14 bits per heavy atom. The van der Waals surface area contributed by atoms with Gasteiger partial charge in [-0.3, -0.25) is 0 Å². The van der Waals surface area contributed by atoms with E-state index in [1.165, 1.54) is 13.0 Å². The normalized spacial score (nSPS) is 20.0. The van der Waals surface area contributed by atoms with E-state index < -0.39 is 5.76 Å². The van der Waals surface area contributed by atoms with Crippen molar-refractivity contribution in [2.75, 3.05) is 19.6 Å². The molecule has 1 saturated heterocycles. The van der Waals surface area contributed by atoms with Crippen LogP contribution in [0.25, 0.3) is 0 Å². The summed E-state index contributed by atoms with van der Waals surface area (Å²) in [6.45, 7) is 8.44. The van der Waals surface area contributed by atoms with Gasteiger partial charge in [-0.2, -0.15) is 8.78 Å². The molecular weight excluding hydrogens is 294 g/mol. The fraction of sp³-hybridized carbons (Fsp3) is 0.733. The van der Waals surface area contributed by atoms with Crippen molar-refractivity contribution in [3.8, 4) is 0 Å². The zero-order chi connectivity index (χ0) is 15.2. The Hall–Kier alpha value is -0.590. The molecule has 120 valence electrons. The molecule has 0 spiro atoms. The van der Waals surface area contributed by atoms with Gasteiger partial charge in [0.15, 0.2) is 0 Å². The predicted octanol–water partition coefficient (Wildman–Crippen LogP) is 3.56. The first-order valence-corrected chi connectivity index (χ1v) is 8.51. The quantitative estimate of drug-likeness (QED) is 0.793. The minimum Gasteiger partial charge on any atom is -0.464 e. The van der Waals surface area contributed by atoms with E-state index in [1.807, 2.05) is 6.07 Å². The average Bonchev–Trinajstić information content (AvgIpc) is 3.05. The molecule has 0 aliphatic carbocycles. The Bertz CT molecular complexity index is 426. The maximum atomic E-state index is 12.1. The largest absolute Gasteiger partial charge is 0.464 e. The van der Waals surface area contributed by atoms with Crippen LogP contribution in [0.1, 0.15) is 31.8 Å². The smallest absolute Gasteiger partial charge is 0.284 e. The SMILES string of the molecule is CC(C)N1CCC(CNCc2ccc(CSC(F)F)o2)C1. The van der Waals surface area contributed by atoms with Gasteiger partial charge in [-0.15, -0.1) is 0 Å². The molecule has 3 nitrogen and oxygen atoms in total. The molecule has 1 unspecified atom stereocenters. The molecule has 0 amide bonds. The molecule has 2 heterocycles. The van der Waals surface area contributed by atoms with Gasteiger partial charge in [-0.1, -0.05) is 11.8 Å². The predicted molar refractivity (Wildman–Crippen MR) is 82.5 cm³/mol. The minimum absolute atomic E-state index is 0.226. The molecule has 1 aliphatic rings. The maximum Gasteiger partial charge on any atom is 0.284 e. The second-order valence-corrected chi connectivity index (χ2v) is 6.79. The van der Waals surface area contributed by atoms with E-state index in [1.54, 1.807) is 6.07 Å². The van der Waals surface area contributed by atoms with E-state index in [0.29, 0.717) is 36.0 Å². The zero-order valence-corrected chi connectivity index (χ0v) is 13.5. The van der Waals surface area contributed by atoms with Gasteiger partial charge >= 0.3 is 0 Å². The lowest BCUT2D eigenvalue weighted by Gasteiger charge is -2.20. The summed E-state index contributed by atoms with van der Waals surface area (Å²) in [5.74, 6) is 0.00518. The summed E-state index contributed by atoms with van der Waals surface area (Å²) in [5, 5.41) is 3.41. The van der Waals surface area contributed by atoms with Crippen molar-refractivity contribution in [2.45, 2.75) is 44.4 Å². The molecule has 2 rings (SSSR count). The minimum atomic E-state index is -2.34. The topological polar surface area (TPSA) is 28.4 Å². The highest BCUT2D eigenvalue weighted by molar-refractivity contribution is 7.98. The number of nitrogens with one attached hydrogen (secondary N) is 1. The molecule has 1 N–H and O–H groups in total. The van der Waals surface area contributed by atoms with Gasteiger partial charge in [-0.25, -0.2) is 0 Å². The maximum absolute atomic E-state index is 12.1. The number of rotatable bonds is 8. The summed E-state index contributed by atoms with van der Waals surface area (Å²) in [5.41, 5.74) is 0.